The Morgan fingerprint density at radius 3 is 2.20 bits per heavy atom. The number of hydrogen-bond acceptors (Lipinski definition) is 5. The van der Waals surface area contributed by atoms with Gasteiger partial charge in [-0.25, -0.2) is 4.98 Å². The summed E-state index contributed by atoms with van der Waals surface area (Å²) in [5, 5.41) is 0.978. The monoisotopic (exact) mass is 416 g/mol. The second kappa shape index (κ2) is 8.59. The normalized spacial score (nSPS) is 11.2. The summed E-state index contributed by atoms with van der Waals surface area (Å²) in [4.78, 5) is 6.85. The highest BCUT2D eigenvalue weighted by atomic mass is 32.1. The number of thiazole rings is 1. The van der Waals surface area contributed by atoms with Gasteiger partial charge in [0.15, 0.2) is 0 Å². The predicted octanol–water partition coefficient (Wildman–Crippen LogP) is 6.22. The number of rotatable bonds is 6. The molecule has 0 aliphatic heterocycles. The maximum Gasteiger partial charge on any atom is 0.130 e. The number of hydrogen-bond donors (Lipinski definition) is 0. The molecule has 30 heavy (non-hydrogen) atoms. The lowest BCUT2D eigenvalue weighted by Gasteiger charge is -2.13. The minimum absolute atomic E-state index is 0.791. The SMILES string of the molecule is COc1cccc(OC)c1-c1ccc2nc(C=Cc3ccc(N(C)C)cc3)sc2c1. The van der Waals surface area contributed by atoms with Crippen LogP contribution in [0.3, 0.4) is 0 Å². The summed E-state index contributed by atoms with van der Waals surface area (Å²) in [5.74, 6) is 1.58. The van der Waals surface area contributed by atoms with Crippen molar-refractivity contribution >= 4 is 39.4 Å². The van der Waals surface area contributed by atoms with Crippen LogP contribution in [0.2, 0.25) is 0 Å². The number of nitrogens with zero attached hydrogens (tertiary/aromatic N) is 2. The Morgan fingerprint density at radius 1 is 0.867 bits per heavy atom. The molecule has 0 radical (unpaired) electrons. The maximum absolute atomic E-state index is 5.56. The molecule has 0 spiro atoms. The zero-order chi connectivity index (χ0) is 21.1. The third-order valence-corrected chi connectivity index (χ3v) is 5.93. The van der Waals surface area contributed by atoms with E-state index in [1.165, 1.54) is 5.69 Å². The Hall–Kier alpha value is -3.31. The number of benzene rings is 3. The summed E-state index contributed by atoms with van der Waals surface area (Å²) < 4.78 is 12.3. The Morgan fingerprint density at radius 2 is 1.57 bits per heavy atom. The molecule has 1 aromatic heterocycles. The molecule has 0 amide bonds. The van der Waals surface area contributed by atoms with Crippen LogP contribution in [0.1, 0.15) is 10.6 Å². The van der Waals surface area contributed by atoms with Crippen LogP contribution in [0.4, 0.5) is 5.69 Å². The standard InChI is InChI=1S/C25H24N2O2S/c1-27(2)19-12-8-17(9-13-19)10-15-24-26-20-14-11-18(16-23(20)30-24)25-21(28-3)6-5-7-22(25)29-4/h5-16H,1-4H3. The quantitative estimate of drug-likeness (QED) is 0.374. The van der Waals surface area contributed by atoms with Gasteiger partial charge in [-0.15, -0.1) is 11.3 Å². The van der Waals surface area contributed by atoms with E-state index in [4.69, 9.17) is 14.5 Å². The predicted molar refractivity (Wildman–Crippen MR) is 128 cm³/mol. The first kappa shape index (κ1) is 20.0. The molecule has 4 rings (SSSR count). The minimum Gasteiger partial charge on any atom is -0.496 e. The highest BCUT2D eigenvalue weighted by molar-refractivity contribution is 7.19. The van der Waals surface area contributed by atoms with Crippen molar-refractivity contribution < 1.29 is 9.47 Å². The van der Waals surface area contributed by atoms with E-state index in [-0.39, 0.29) is 0 Å². The zero-order valence-corrected chi connectivity index (χ0v) is 18.4. The van der Waals surface area contributed by atoms with Gasteiger partial charge >= 0.3 is 0 Å². The Kier molecular flexibility index (Phi) is 5.72. The third-order valence-electron chi connectivity index (χ3n) is 4.95. The molecule has 4 aromatic rings. The average Bonchev–Trinajstić information content (AvgIpc) is 3.19. The van der Waals surface area contributed by atoms with Gasteiger partial charge in [0.1, 0.15) is 16.5 Å². The number of anilines is 1. The second-order valence-corrected chi connectivity index (χ2v) is 8.15. The highest BCUT2D eigenvalue weighted by Crippen LogP contribution is 2.40. The Bertz CT molecular complexity index is 1170. The molecule has 152 valence electrons. The molecular weight excluding hydrogens is 392 g/mol. The van der Waals surface area contributed by atoms with Crippen molar-refractivity contribution in [1.29, 1.82) is 0 Å². The summed E-state index contributed by atoms with van der Waals surface area (Å²) in [6.07, 6.45) is 4.17. The molecule has 0 fully saturated rings. The van der Waals surface area contributed by atoms with E-state index in [0.717, 1.165) is 43.4 Å². The first-order chi connectivity index (χ1) is 14.6. The average molecular weight is 417 g/mol. The van der Waals surface area contributed by atoms with Crippen molar-refractivity contribution in [2.75, 3.05) is 33.2 Å². The second-order valence-electron chi connectivity index (χ2n) is 7.09. The Labute approximate surface area is 181 Å². The molecule has 1 heterocycles. The molecule has 0 saturated heterocycles. The van der Waals surface area contributed by atoms with Gasteiger partial charge in [0.05, 0.1) is 30.0 Å². The van der Waals surface area contributed by atoms with Gasteiger partial charge in [-0.3, -0.25) is 0 Å². The first-order valence-electron chi connectivity index (χ1n) is 9.66. The number of fused-ring (bicyclic) bond motifs is 1. The van der Waals surface area contributed by atoms with E-state index in [2.05, 4.69) is 59.5 Å². The molecule has 5 heteroatoms. The van der Waals surface area contributed by atoms with Crippen LogP contribution >= 0.6 is 11.3 Å². The summed E-state index contributed by atoms with van der Waals surface area (Å²) in [5.41, 5.74) is 5.33. The van der Waals surface area contributed by atoms with Gasteiger partial charge < -0.3 is 14.4 Å². The summed E-state index contributed by atoms with van der Waals surface area (Å²) in [6, 6.07) is 20.6. The molecule has 0 unspecified atom stereocenters. The maximum atomic E-state index is 5.56. The van der Waals surface area contributed by atoms with Crippen molar-refractivity contribution in [3.05, 3.63) is 71.2 Å². The van der Waals surface area contributed by atoms with Crippen LogP contribution in [0.5, 0.6) is 11.5 Å². The number of aromatic nitrogens is 1. The van der Waals surface area contributed by atoms with Crippen LogP contribution in [0.25, 0.3) is 33.5 Å². The summed E-state index contributed by atoms with van der Waals surface area (Å²) in [7, 11) is 7.44. The van der Waals surface area contributed by atoms with Crippen LogP contribution in [-0.4, -0.2) is 33.3 Å². The molecule has 0 N–H and O–H groups in total. The van der Waals surface area contributed by atoms with Gasteiger partial charge in [0.25, 0.3) is 0 Å². The van der Waals surface area contributed by atoms with Crippen molar-refractivity contribution in [3.63, 3.8) is 0 Å². The molecule has 0 bridgehead atoms. The molecule has 0 aliphatic carbocycles. The van der Waals surface area contributed by atoms with Crippen molar-refractivity contribution in [1.82, 2.24) is 4.98 Å². The van der Waals surface area contributed by atoms with E-state index >= 15 is 0 Å². The largest absolute Gasteiger partial charge is 0.496 e. The molecular formula is C25H24N2O2S. The van der Waals surface area contributed by atoms with Crippen LogP contribution < -0.4 is 14.4 Å². The van der Waals surface area contributed by atoms with E-state index in [1.807, 2.05) is 32.3 Å². The van der Waals surface area contributed by atoms with Gasteiger partial charge in [-0.05, 0) is 53.6 Å². The van der Waals surface area contributed by atoms with E-state index in [9.17, 15) is 0 Å². The molecule has 4 nitrogen and oxygen atoms in total. The topological polar surface area (TPSA) is 34.6 Å². The molecule has 0 atom stereocenters. The fourth-order valence-corrected chi connectivity index (χ4v) is 4.27. The highest BCUT2D eigenvalue weighted by Gasteiger charge is 2.13. The Balaban J connectivity index is 1.65. The first-order valence-corrected chi connectivity index (χ1v) is 10.5. The summed E-state index contributed by atoms with van der Waals surface area (Å²) in [6.45, 7) is 0. The molecule has 0 saturated carbocycles. The zero-order valence-electron chi connectivity index (χ0n) is 17.5. The molecule has 3 aromatic carbocycles. The lowest BCUT2D eigenvalue weighted by molar-refractivity contribution is 0.397. The van der Waals surface area contributed by atoms with Gasteiger partial charge in [0, 0.05) is 19.8 Å². The number of methoxy groups -OCH3 is 2. The van der Waals surface area contributed by atoms with Crippen molar-refractivity contribution in [2.24, 2.45) is 0 Å². The van der Waals surface area contributed by atoms with Crippen LogP contribution in [-0.2, 0) is 0 Å². The minimum atomic E-state index is 0.791. The lowest BCUT2D eigenvalue weighted by atomic mass is 10.0. The van der Waals surface area contributed by atoms with Gasteiger partial charge in [-0.2, -0.15) is 0 Å². The number of ether oxygens (including phenoxy) is 2. The van der Waals surface area contributed by atoms with E-state index in [0.29, 0.717) is 0 Å². The van der Waals surface area contributed by atoms with E-state index < -0.39 is 0 Å². The van der Waals surface area contributed by atoms with Gasteiger partial charge in [-0.1, -0.05) is 30.3 Å². The third kappa shape index (κ3) is 4.02. The van der Waals surface area contributed by atoms with Gasteiger partial charge in [0.2, 0.25) is 0 Å². The summed E-state index contributed by atoms with van der Waals surface area (Å²) >= 11 is 1.67. The van der Waals surface area contributed by atoms with Crippen molar-refractivity contribution in [2.45, 2.75) is 0 Å². The fraction of sp³-hybridized carbons (Fsp3) is 0.160. The smallest absolute Gasteiger partial charge is 0.130 e. The fourth-order valence-electron chi connectivity index (χ4n) is 3.36. The van der Waals surface area contributed by atoms with Crippen LogP contribution in [0.15, 0.2) is 60.7 Å². The van der Waals surface area contributed by atoms with E-state index in [1.54, 1.807) is 25.6 Å². The van der Waals surface area contributed by atoms with Crippen LogP contribution in [0, 0.1) is 0 Å². The van der Waals surface area contributed by atoms with Crippen molar-refractivity contribution in [3.8, 4) is 22.6 Å². The lowest BCUT2D eigenvalue weighted by Crippen LogP contribution is -2.07. The molecule has 0 aliphatic rings.